The summed E-state index contributed by atoms with van der Waals surface area (Å²) >= 11 is 0. The number of benzene rings is 1. The topological polar surface area (TPSA) is 51.8 Å². The van der Waals surface area contributed by atoms with Gasteiger partial charge in [-0.15, -0.1) is 0 Å². The van der Waals surface area contributed by atoms with Gasteiger partial charge in [-0.1, -0.05) is 18.2 Å². The number of aromatic nitrogens is 3. The lowest BCUT2D eigenvalue weighted by Crippen LogP contribution is -2.28. The minimum absolute atomic E-state index is 0.0566. The van der Waals surface area contributed by atoms with Gasteiger partial charge in [0.15, 0.2) is 0 Å². The zero-order valence-corrected chi connectivity index (χ0v) is 16.2. The summed E-state index contributed by atoms with van der Waals surface area (Å²) in [4.78, 5) is 14.4. The molecule has 0 saturated carbocycles. The second-order valence-electron chi connectivity index (χ2n) is 6.58. The van der Waals surface area contributed by atoms with Gasteiger partial charge in [-0.2, -0.15) is 5.10 Å². The minimum atomic E-state index is -0.0566. The molecule has 0 fully saturated rings. The predicted octanol–water partition coefficient (Wildman–Crippen LogP) is 3.89. The lowest BCUT2D eigenvalue weighted by Gasteiger charge is -2.15. The van der Waals surface area contributed by atoms with Crippen LogP contribution in [-0.4, -0.2) is 45.7 Å². The molecule has 0 saturated heterocycles. The molecule has 0 aliphatic rings. The molecule has 142 valence electrons. The number of hydrogen-bond acceptors (Lipinski definition) is 3. The highest BCUT2D eigenvalue weighted by molar-refractivity contribution is 5.93. The van der Waals surface area contributed by atoms with Crippen molar-refractivity contribution in [2.45, 2.75) is 6.92 Å². The van der Waals surface area contributed by atoms with E-state index in [0.717, 1.165) is 28.2 Å². The molecule has 3 aromatic heterocycles. The highest BCUT2D eigenvalue weighted by Crippen LogP contribution is 2.26. The Morgan fingerprint density at radius 1 is 1.11 bits per heavy atom. The standard InChI is InChI=1S/C22H22N4O2/c1-4-24(2)22(27)20-12-13-23-26(20)21-11-10-18-9-8-17(15-25(18)21)16-6-5-7-19(14-16)28-3/h5-15H,4H2,1-3H3. The molecular weight excluding hydrogens is 352 g/mol. The van der Waals surface area contributed by atoms with Crippen LogP contribution in [0.15, 0.2) is 67.0 Å². The van der Waals surface area contributed by atoms with Crippen molar-refractivity contribution in [3.8, 4) is 22.7 Å². The van der Waals surface area contributed by atoms with Crippen LogP contribution in [0.4, 0.5) is 0 Å². The first kappa shape index (κ1) is 17.9. The van der Waals surface area contributed by atoms with E-state index >= 15 is 0 Å². The van der Waals surface area contributed by atoms with Gasteiger partial charge in [0.2, 0.25) is 0 Å². The van der Waals surface area contributed by atoms with Crippen molar-refractivity contribution >= 4 is 11.4 Å². The molecule has 3 heterocycles. The molecule has 4 aromatic rings. The normalized spacial score (nSPS) is 11.0. The Balaban J connectivity index is 1.82. The number of ether oxygens (including phenoxy) is 1. The fraction of sp³-hybridized carbons (Fsp3) is 0.182. The summed E-state index contributed by atoms with van der Waals surface area (Å²) in [6.45, 7) is 2.59. The van der Waals surface area contributed by atoms with E-state index in [9.17, 15) is 4.79 Å². The van der Waals surface area contributed by atoms with Gasteiger partial charge >= 0.3 is 0 Å². The second-order valence-corrected chi connectivity index (χ2v) is 6.58. The van der Waals surface area contributed by atoms with Crippen molar-refractivity contribution in [1.82, 2.24) is 19.1 Å². The monoisotopic (exact) mass is 374 g/mol. The van der Waals surface area contributed by atoms with E-state index in [1.807, 2.05) is 47.7 Å². The fourth-order valence-electron chi connectivity index (χ4n) is 3.22. The van der Waals surface area contributed by atoms with E-state index < -0.39 is 0 Å². The van der Waals surface area contributed by atoms with Gasteiger partial charge in [0.25, 0.3) is 5.91 Å². The Kier molecular flexibility index (Phi) is 4.61. The largest absolute Gasteiger partial charge is 0.497 e. The van der Waals surface area contributed by atoms with Crippen LogP contribution in [0.3, 0.4) is 0 Å². The summed E-state index contributed by atoms with van der Waals surface area (Å²) in [6.07, 6.45) is 3.71. The maximum absolute atomic E-state index is 12.7. The van der Waals surface area contributed by atoms with E-state index in [2.05, 4.69) is 23.4 Å². The molecule has 0 unspecified atom stereocenters. The summed E-state index contributed by atoms with van der Waals surface area (Å²) in [5.41, 5.74) is 3.67. The van der Waals surface area contributed by atoms with Crippen molar-refractivity contribution in [2.75, 3.05) is 20.7 Å². The number of carbonyl (C=O) groups is 1. The first-order valence-electron chi connectivity index (χ1n) is 9.17. The fourth-order valence-corrected chi connectivity index (χ4v) is 3.22. The van der Waals surface area contributed by atoms with Gasteiger partial charge in [-0.3, -0.25) is 4.79 Å². The number of hydrogen-bond donors (Lipinski definition) is 0. The molecule has 0 aliphatic carbocycles. The molecule has 0 aliphatic heterocycles. The van der Waals surface area contributed by atoms with Crippen LogP contribution in [0.5, 0.6) is 5.75 Å². The van der Waals surface area contributed by atoms with Gasteiger partial charge in [0.1, 0.15) is 17.3 Å². The first-order valence-corrected chi connectivity index (χ1v) is 9.17. The van der Waals surface area contributed by atoms with E-state index in [1.54, 1.807) is 36.0 Å². The maximum atomic E-state index is 12.7. The molecule has 1 aromatic carbocycles. The van der Waals surface area contributed by atoms with Gasteiger partial charge in [-0.05, 0) is 54.4 Å². The third-order valence-electron chi connectivity index (χ3n) is 4.93. The number of amides is 1. The Hall–Kier alpha value is -3.54. The molecule has 6 nitrogen and oxygen atoms in total. The van der Waals surface area contributed by atoms with E-state index in [0.29, 0.717) is 12.2 Å². The van der Waals surface area contributed by atoms with Crippen LogP contribution in [0, 0.1) is 0 Å². The van der Waals surface area contributed by atoms with Crippen LogP contribution in [0.1, 0.15) is 17.4 Å². The number of pyridine rings is 1. The Labute approximate surface area is 163 Å². The number of carbonyl (C=O) groups excluding carboxylic acids is 1. The average molecular weight is 374 g/mol. The number of methoxy groups -OCH3 is 1. The van der Waals surface area contributed by atoms with Crippen LogP contribution >= 0.6 is 0 Å². The third-order valence-corrected chi connectivity index (χ3v) is 4.93. The summed E-state index contributed by atoms with van der Waals surface area (Å²) in [6, 6.07) is 17.8. The van der Waals surface area contributed by atoms with E-state index in [1.165, 1.54) is 0 Å². The average Bonchev–Trinajstić information content (AvgIpc) is 3.38. The van der Waals surface area contributed by atoms with Crippen molar-refractivity contribution in [2.24, 2.45) is 0 Å². The Morgan fingerprint density at radius 2 is 1.93 bits per heavy atom. The van der Waals surface area contributed by atoms with Crippen LogP contribution in [0.25, 0.3) is 22.5 Å². The van der Waals surface area contributed by atoms with Crippen molar-refractivity contribution in [3.63, 3.8) is 0 Å². The van der Waals surface area contributed by atoms with Gasteiger partial charge in [0, 0.05) is 25.3 Å². The quantitative estimate of drug-likeness (QED) is 0.532. The van der Waals surface area contributed by atoms with Crippen LogP contribution in [-0.2, 0) is 0 Å². The number of fused-ring (bicyclic) bond motifs is 1. The zero-order valence-electron chi connectivity index (χ0n) is 16.2. The molecular formula is C22H22N4O2. The molecule has 6 heteroatoms. The minimum Gasteiger partial charge on any atom is -0.497 e. The van der Waals surface area contributed by atoms with Crippen molar-refractivity contribution in [1.29, 1.82) is 0 Å². The second kappa shape index (κ2) is 7.23. The summed E-state index contributed by atoms with van der Waals surface area (Å²) in [5, 5.41) is 4.40. The Morgan fingerprint density at radius 3 is 2.71 bits per heavy atom. The zero-order chi connectivity index (χ0) is 19.7. The van der Waals surface area contributed by atoms with Crippen molar-refractivity contribution < 1.29 is 9.53 Å². The predicted molar refractivity (Wildman–Crippen MR) is 109 cm³/mol. The lowest BCUT2D eigenvalue weighted by molar-refractivity contribution is 0.0793. The van der Waals surface area contributed by atoms with Gasteiger partial charge in [0.05, 0.1) is 13.3 Å². The summed E-state index contributed by atoms with van der Waals surface area (Å²) in [7, 11) is 3.45. The summed E-state index contributed by atoms with van der Waals surface area (Å²) < 4.78 is 9.08. The molecule has 4 rings (SSSR count). The van der Waals surface area contributed by atoms with E-state index in [4.69, 9.17) is 4.74 Å². The summed E-state index contributed by atoms with van der Waals surface area (Å²) in [5.74, 6) is 1.57. The maximum Gasteiger partial charge on any atom is 0.272 e. The number of rotatable bonds is 5. The highest BCUT2D eigenvalue weighted by atomic mass is 16.5. The van der Waals surface area contributed by atoms with Crippen LogP contribution in [0.2, 0.25) is 0 Å². The molecule has 0 atom stereocenters. The first-order chi connectivity index (χ1) is 13.6. The molecule has 1 amide bonds. The molecule has 0 N–H and O–H groups in total. The molecule has 0 spiro atoms. The third kappa shape index (κ3) is 3.03. The van der Waals surface area contributed by atoms with E-state index in [-0.39, 0.29) is 5.91 Å². The lowest BCUT2D eigenvalue weighted by atomic mass is 10.1. The van der Waals surface area contributed by atoms with Crippen LogP contribution < -0.4 is 4.74 Å². The SMILES string of the molecule is CCN(C)C(=O)c1ccnn1-c1ccc2ccc(-c3cccc(OC)c3)cn12. The smallest absolute Gasteiger partial charge is 0.272 e. The number of nitrogens with zero attached hydrogens (tertiary/aromatic N) is 4. The molecule has 28 heavy (non-hydrogen) atoms. The van der Waals surface area contributed by atoms with Gasteiger partial charge < -0.3 is 14.0 Å². The molecule has 0 bridgehead atoms. The van der Waals surface area contributed by atoms with Gasteiger partial charge in [-0.25, -0.2) is 4.68 Å². The Bertz CT molecular complexity index is 1140. The van der Waals surface area contributed by atoms with Crippen molar-refractivity contribution in [3.05, 3.63) is 72.7 Å². The molecule has 0 radical (unpaired) electrons. The highest BCUT2D eigenvalue weighted by Gasteiger charge is 2.18.